The van der Waals surface area contributed by atoms with Gasteiger partial charge in [-0.15, -0.1) is 0 Å². The Hall–Kier alpha value is -1.33. The third-order valence-electron chi connectivity index (χ3n) is 4.07. The average molecular weight is 293 g/mol. The van der Waals surface area contributed by atoms with Crippen molar-refractivity contribution >= 4 is 28.3 Å². The van der Waals surface area contributed by atoms with Crippen LogP contribution in [-0.4, -0.2) is 40.6 Å². The summed E-state index contributed by atoms with van der Waals surface area (Å²) in [5.74, 6) is 0. The number of nitrogens with zero attached hydrogens (tertiary/aromatic N) is 4. The molecule has 1 aliphatic heterocycles. The van der Waals surface area contributed by atoms with Crippen LogP contribution >= 0.6 is 11.6 Å². The summed E-state index contributed by atoms with van der Waals surface area (Å²) in [5.41, 5.74) is 3.14. The van der Waals surface area contributed by atoms with Gasteiger partial charge in [0, 0.05) is 18.7 Å². The van der Waals surface area contributed by atoms with E-state index in [4.69, 9.17) is 16.3 Å². The minimum atomic E-state index is 0.341. The molecule has 1 saturated heterocycles. The smallest absolute Gasteiger partial charge is 0.132 e. The molecule has 20 heavy (non-hydrogen) atoms. The van der Waals surface area contributed by atoms with E-state index in [1.807, 2.05) is 12.3 Å². The van der Waals surface area contributed by atoms with E-state index in [1.165, 1.54) is 12.8 Å². The highest BCUT2D eigenvalue weighted by atomic mass is 35.5. The van der Waals surface area contributed by atoms with E-state index >= 15 is 0 Å². The van der Waals surface area contributed by atoms with Gasteiger partial charge in [-0.1, -0.05) is 11.6 Å². The zero-order valence-corrected chi connectivity index (χ0v) is 12.2. The van der Waals surface area contributed by atoms with Crippen LogP contribution in [0.2, 0.25) is 5.15 Å². The van der Waals surface area contributed by atoms with Crippen molar-refractivity contribution in [1.29, 1.82) is 0 Å². The number of anilines is 1. The van der Waals surface area contributed by atoms with Gasteiger partial charge in [0.1, 0.15) is 16.2 Å². The van der Waals surface area contributed by atoms with Crippen LogP contribution < -0.4 is 4.90 Å². The molecule has 1 saturated carbocycles. The minimum Gasteiger partial charge on any atom is -0.377 e. The number of pyridine rings is 1. The van der Waals surface area contributed by atoms with Gasteiger partial charge in [0.05, 0.1) is 31.1 Å². The first-order chi connectivity index (χ1) is 9.74. The second-order valence-corrected chi connectivity index (χ2v) is 6.02. The third-order valence-corrected chi connectivity index (χ3v) is 4.27. The maximum absolute atomic E-state index is 6.19. The molecule has 0 radical (unpaired) electrons. The highest BCUT2D eigenvalue weighted by Crippen LogP contribution is 2.40. The highest BCUT2D eigenvalue weighted by Gasteiger charge is 2.30. The van der Waals surface area contributed by atoms with E-state index in [0.717, 1.165) is 36.5 Å². The standard InChI is InChI=1S/C14H17ClN4O/c1-9-8-20-5-4-18(9)12-6-13(15)17-11-7-16-19(14(11)12)10-2-3-10/h6-7,9-10H,2-5,8H2,1H3/t9-/m1/s1. The number of halogens is 1. The second-order valence-electron chi connectivity index (χ2n) is 5.64. The molecule has 1 aliphatic carbocycles. The lowest BCUT2D eigenvalue weighted by molar-refractivity contribution is 0.0990. The van der Waals surface area contributed by atoms with Gasteiger partial charge in [0.2, 0.25) is 0 Å². The highest BCUT2D eigenvalue weighted by molar-refractivity contribution is 6.30. The molecule has 2 fully saturated rings. The Kier molecular flexibility index (Phi) is 2.86. The number of aromatic nitrogens is 3. The van der Waals surface area contributed by atoms with E-state index in [9.17, 15) is 0 Å². The summed E-state index contributed by atoms with van der Waals surface area (Å²) in [6.07, 6.45) is 4.24. The number of hydrogen-bond donors (Lipinski definition) is 0. The maximum atomic E-state index is 6.19. The van der Waals surface area contributed by atoms with Gasteiger partial charge in [-0.25, -0.2) is 4.98 Å². The lowest BCUT2D eigenvalue weighted by Gasteiger charge is -2.35. The predicted molar refractivity (Wildman–Crippen MR) is 78.4 cm³/mol. The van der Waals surface area contributed by atoms with Gasteiger partial charge in [-0.3, -0.25) is 4.68 Å². The molecule has 3 heterocycles. The number of morpholine rings is 1. The Labute approximate surface area is 122 Å². The summed E-state index contributed by atoms with van der Waals surface area (Å²) < 4.78 is 7.66. The summed E-state index contributed by atoms with van der Waals surface area (Å²) >= 11 is 6.19. The van der Waals surface area contributed by atoms with Gasteiger partial charge in [-0.05, 0) is 19.8 Å². The maximum Gasteiger partial charge on any atom is 0.132 e. The van der Waals surface area contributed by atoms with Gasteiger partial charge >= 0.3 is 0 Å². The molecular formula is C14H17ClN4O. The monoisotopic (exact) mass is 292 g/mol. The molecule has 5 nitrogen and oxygen atoms in total. The molecule has 0 unspecified atom stereocenters. The average Bonchev–Trinajstić information content (AvgIpc) is 3.19. The predicted octanol–water partition coefficient (Wildman–Crippen LogP) is 2.64. The normalized spacial score (nSPS) is 23.5. The number of ether oxygens (including phenoxy) is 1. The van der Waals surface area contributed by atoms with Gasteiger partial charge in [-0.2, -0.15) is 5.10 Å². The number of fused-ring (bicyclic) bond motifs is 1. The fourth-order valence-corrected chi connectivity index (χ4v) is 3.11. The summed E-state index contributed by atoms with van der Waals surface area (Å²) in [7, 11) is 0. The topological polar surface area (TPSA) is 43.2 Å². The minimum absolute atomic E-state index is 0.341. The Bertz CT molecular complexity index is 652. The first kappa shape index (κ1) is 12.4. The fraction of sp³-hybridized carbons (Fsp3) is 0.571. The van der Waals surface area contributed by atoms with Crippen molar-refractivity contribution in [3.8, 4) is 0 Å². The van der Waals surface area contributed by atoms with E-state index < -0.39 is 0 Å². The molecular weight excluding hydrogens is 276 g/mol. The van der Waals surface area contributed by atoms with Crippen LogP contribution in [0.4, 0.5) is 5.69 Å². The SMILES string of the molecule is C[C@@H]1COCCN1c1cc(Cl)nc2cnn(C3CC3)c12. The Morgan fingerprint density at radius 1 is 1.40 bits per heavy atom. The first-order valence-electron chi connectivity index (χ1n) is 7.12. The van der Waals surface area contributed by atoms with Crippen LogP contribution in [0.25, 0.3) is 11.0 Å². The Balaban J connectivity index is 1.89. The molecule has 2 aromatic heterocycles. The quantitative estimate of drug-likeness (QED) is 0.798. The molecule has 4 rings (SSSR count). The van der Waals surface area contributed by atoms with Gasteiger partial charge < -0.3 is 9.64 Å². The number of hydrogen-bond acceptors (Lipinski definition) is 4. The van der Waals surface area contributed by atoms with Crippen LogP contribution in [-0.2, 0) is 4.74 Å². The van der Waals surface area contributed by atoms with Gasteiger partial charge in [0.25, 0.3) is 0 Å². The van der Waals surface area contributed by atoms with Crippen molar-refractivity contribution in [3.63, 3.8) is 0 Å². The van der Waals surface area contributed by atoms with Crippen molar-refractivity contribution in [2.45, 2.75) is 31.8 Å². The van der Waals surface area contributed by atoms with Crippen molar-refractivity contribution < 1.29 is 4.74 Å². The van der Waals surface area contributed by atoms with E-state index in [0.29, 0.717) is 17.2 Å². The van der Waals surface area contributed by atoms with Crippen molar-refractivity contribution in [1.82, 2.24) is 14.8 Å². The summed E-state index contributed by atoms with van der Waals surface area (Å²) in [6.45, 7) is 4.56. The molecule has 0 N–H and O–H groups in total. The molecule has 0 bridgehead atoms. The van der Waals surface area contributed by atoms with Crippen molar-refractivity contribution in [2.24, 2.45) is 0 Å². The summed E-state index contributed by atoms with van der Waals surface area (Å²) in [4.78, 5) is 6.77. The summed E-state index contributed by atoms with van der Waals surface area (Å²) in [5, 5.41) is 5.05. The summed E-state index contributed by atoms with van der Waals surface area (Å²) in [6, 6.07) is 2.84. The lowest BCUT2D eigenvalue weighted by Crippen LogP contribution is -2.44. The molecule has 0 amide bonds. The number of rotatable bonds is 2. The molecule has 1 atom stereocenters. The lowest BCUT2D eigenvalue weighted by atomic mass is 10.2. The van der Waals surface area contributed by atoms with Crippen molar-refractivity contribution in [2.75, 3.05) is 24.7 Å². The molecule has 0 spiro atoms. The van der Waals surface area contributed by atoms with E-state index in [2.05, 4.69) is 26.6 Å². The zero-order chi connectivity index (χ0) is 13.7. The van der Waals surface area contributed by atoms with Gasteiger partial charge in [0.15, 0.2) is 0 Å². The van der Waals surface area contributed by atoms with Crippen LogP contribution in [0.5, 0.6) is 0 Å². The molecule has 2 aliphatic rings. The van der Waals surface area contributed by atoms with Crippen LogP contribution in [0.15, 0.2) is 12.3 Å². The fourth-order valence-electron chi connectivity index (χ4n) is 2.91. The third kappa shape index (κ3) is 1.96. The molecule has 6 heteroatoms. The first-order valence-corrected chi connectivity index (χ1v) is 7.50. The van der Waals surface area contributed by atoms with Crippen LogP contribution in [0.1, 0.15) is 25.8 Å². The van der Waals surface area contributed by atoms with Crippen LogP contribution in [0, 0.1) is 0 Å². The largest absolute Gasteiger partial charge is 0.377 e. The van der Waals surface area contributed by atoms with E-state index in [-0.39, 0.29) is 0 Å². The van der Waals surface area contributed by atoms with E-state index in [1.54, 1.807) is 0 Å². The second kappa shape index (κ2) is 4.60. The van der Waals surface area contributed by atoms with Crippen molar-refractivity contribution in [3.05, 3.63) is 17.4 Å². The zero-order valence-electron chi connectivity index (χ0n) is 11.4. The molecule has 0 aromatic carbocycles. The molecule has 2 aromatic rings. The molecule has 106 valence electrons. The van der Waals surface area contributed by atoms with Crippen LogP contribution in [0.3, 0.4) is 0 Å². The Morgan fingerprint density at radius 3 is 3.00 bits per heavy atom. The Morgan fingerprint density at radius 2 is 2.25 bits per heavy atom.